The number of halogens is 1. The fourth-order valence-corrected chi connectivity index (χ4v) is 1.88. The Hall–Kier alpha value is -1.94. The molecule has 0 aromatic heterocycles. The number of hydrogen-bond donors (Lipinski definition) is 1. The lowest BCUT2D eigenvalue weighted by Gasteiger charge is -2.10. The van der Waals surface area contributed by atoms with Crippen molar-refractivity contribution in [1.82, 2.24) is 0 Å². The van der Waals surface area contributed by atoms with Crippen LogP contribution in [0.5, 0.6) is 5.75 Å². The highest BCUT2D eigenvalue weighted by Gasteiger charge is 2.03. The zero-order valence-electron chi connectivity index (χ0n) is 10.5. The molecule has 0 aliphatic heterocycles. The van der Waals surface area contributed by atoms with Crippen LogP contribution in [0, 0.1) is 12.7 Å². The van der Waals surface area contributed by atoms with Crippen LogP contribution in [0.1, 0.15) is 16.7 Å². The summed E-state index contributed by atoms with van der Waals surface area (Å²) in [6, 6.07) is 12.0. The van der Waals surface area contributed by atoms with Gasteiger partial charge < -0.3 is 10.5 Å². The van der Waals surface area contributed by atoms with Gasteiger partial charge in [0.15, 0.2) is 0 Å². The van der Waals surface area contributed by atoms with Gasteiger partial charge in [-0.1, -0.05) is 30.4 Å². The Bertz CT molecular complexity index is 613. The standard InChI is InChI=1S/C15H14FNOS/c1-10-7-13(16)5-6-14(10)18-9-11-3-2-4-12(8-11)15(17)19/h2-8H,9H2,1H3,(H2,17,19). The minimum Gasteiger partial charge on any atom is -0.489 e. The molecule has 0 atom stereocenters. The molecule has 0 fully saturated rings. The van der Waals surface area contributed by atoms with Crippen LogP contribution in [0.2, 0.25) is 0 Å². The molecule has 2 aromatic carbocycles. The van der Waals surface area contributed by atoms with Crippen LogP contribution in [-0.2, 0) is 6.61 Å². The topological polar surface area (TPSA) is 35.2 Å². The van der Waals surface area contributed by atoms with Crippen molar-refractivity contribution >= 4 is 17.2 Å². The molecule has 2 aromatic rings. The summed E-state index contributed by atoms with van der Waals surface area (Å²) in [5.41, 5.74) is 8.13. The van der Waals surface area contributed by atoms with Crippen LogP contribution < -0.4 is 10.5 Å². The highest BCUT2D eigenvalue weighted by molar-refractivity contribution is 7.80. The second kappa shape index (κ2) is 5.80. The summed E-state index contributed by atoms with van der Waals surface area (Å²) in [6.07, 6.45) is 0. The third-order valence-corrected chi connectivity index (χ3v) is 2.98. The molecule has 0 spiro atoms. The van der Waals surface area contributed by atoms with Crippen LogP contribution >= 0.6 is 12.2 Å². The third kappa shape index (κ3) is 3.51. The first kappa shape index (κ1) is 13.5. The summed E-state index contributed by atoms with van der Waals surface area (Å²) in [4.78, 5) is 0.361. The molecule has 0 heterocycles. The van der Waals surface area contributed by atoms with E-state index in [4.69, 9.17) is 22.7 Å². The molecule has 0 aliphatic rings. The van der Waals surface area contributed by atoms with Gasteiger partial charge in [-0.25, -0.2) is 4.39 Å². The van der Waals surface area contributed by atoms with Gasteiger partial charge in [-0.2, -0.15) is 0 Å². The molecule has 0 saturated carbocycles. The van der Waals surface area contributed by atoms with E-state index in [2.05, 4.69) is 0 Å². The van der Waals surface area contributed by atoms with Crippen molar-refractivity contribution in [2.45, 2.75) is 13.5 Å². The van der Waals surface area contributed by atoms with Gasteiger partial charge in [-0.3, -0.25) is 0 Å². The Labute approximate surface area is 117 Å². The molecular weight excluding hydrogens is 261 g/mol. The molecule has 2 nitrogen and oxygen atoms in total. The lowest BCUT2D eigenvalue weighted by Crippen LogP contribution is -2.09. The molecule has 0 bridgehead atoms. The Balaban J connectivity index is 2.10. The minimum atomic E-state index is -0.264. The highest BCUT2D eigenvalue weighted by atomic mass is 32.1. The van der Waals surface area contributed by atoms with Crippen molar-refractivity contribution in [2.75, 3.05) is 0 Å². The van der Waals surface area contributed by atoms with Gasteiger partial charge in [-0.15, -0.1) is 0 Å². The molecule has 0 saturated heterocycles. The number of rotatable bonds is 4. The molecule has 0 unspecified atom stereocenters. The lowest BCUT2D eigenvalue weighted by atomic mass is 10.1. The van der Waals surface area contributed by atoms with E-state index in [1.54, 1.807) is 6.07 Å². The van der Waals surface area contributed by atoms with E-state index in [-0.39, 0.29) is 5.82 Å². The number of benzene rings is 2. The van der Waals surface area contributed by atoms with Crippen LogP contribution in [0.3, 0.4) is 0 Å². The summed E-state index contributed by atoms with van der Waals surface area (Å²) in [7, 11) is 0. The first-order valence-electron chi connectivity index (χ1n) is 5.84. The maximum Gasteiger partial charge on any atom is 0.123 e. The quantitative estimate of drug-likeness (QED) is 0.869. The van der Waals surface area contributed by atoms with Crippen LogP contribution in [0.4, 0.5) is 4.39 Å². The summed E-state index contributed by atoms with van der Waals surface area (Å²) < 4.78 is 18.6. The van der Waals surface area contributed by atoms with Gasteiger partial charge in [-0.05, 0) is 42.3 Å². The normalized spacial score (nSPS) is 10.2. The van der Waals surface area contributed by atoms with Crippen molar-refractivity contribution in [3.63, 3.8) is 0 Å². The van der Waals surface area contributed by atoms with Crippen LogP contribution in [0.25, 0.3) is 0 Å². The summed E-state index contributed by atoms with van der Waals surface area (Å²) in [5.74, 6) is 0.405. The van der Waals surface area contributed by atoms with E-state index < -0.39 is 0 Å². The number of nitrogens with two attached hydrogens (primary N) is 1. The number of ether oxygens (including phenoxy) is 1. The van der Waals surface area contributed by atoms with E-state index in [9.17, 15) is 4.39 Å². The molecule has 0 aliphatic carbocycles. The van der Waals surface area contributed by atoms with E-state index in [0.717, 1.165) is 16.7 Å². The SMILES string of the molecule is Cc1cc(F)ccc1OCc1cccc(C(N)=S)c1. The summed E-state index contributed by atoms with van der Waals surface area (Å²) >= 11 is 4.93. The zero-order valence-corrected chi connectivity index (χ0v) is 11.3. The van der Waals surface area contributed by atoms with Gasteiger partial charge >= 0.3 is 0 Å². The zero-order chi connectivity index (χ0) is 13.8. The van der Waals surface area contributed by atoms with Gasteiger partial charge in [0.05, 0.1) is 0 Å². The van der Waals surface area contributed by atoms with Gasteiger partial charge in [0.1, 0.15) is 23.2 Å². The monoisotopic (exact) mass is 275 g/mol. The fourth-order valence-electron chi connectivity index (χ4n) is 1.75. The average molecular weight is 275 g/mol. The summed E-state index contributed by atoms with van der Waals surface area (Å²) in [5, 5.41) is 0. The van der Waals surface area contributed by atoms with Gasteiger partial charge in [0.25, 0.3) is 0 Å². The van der Waals surface area contributed by atoms with Crippen LogP contribution in [0.15, 0.2) is 42.5 Å². The summed E-state index contributed by atoms with van der Waals surface area (Å²) in [6.45, 7) is 2.20. The van der Waals surface area contributed by atoms with Crippen molar-refractivity contribution < 1.29 is 9.13 Å². The van der Waals surface area contributed by atoms with E-state index in [1.807, 2.05) is 31.2 Å². The van der Waals surface area contributed by atoms with Gasteiger partial charge in [0, 0.05) is 5.56 Å². The number of thiocarbonyl (C=S) groups is 1. The predicted octanol–water partition coefficient (Wildman–Crippen LogP) is 3.35. The predicted molar refractivity (Wildman–Crippen MR) is 77.8 cm³/mol. The van der Waals surface area contributed by atoms with E-state index >= 15 is 0 Å². The lowest BCUT2D eigenvalue weighted by molar-refractivity contribution is 0.303. The fraction of sp³-hybridized carbons (Fsp3) is 0.133. The maximum absolute atomic E-state index is 13.0. The first-order valence-corrected chi connectivity index (χ1v) is 6.25. The Morgan fingerprint density at radius 2 is 2.05 bits per heavy atom. The van der Waals surface area contributed by atoms with Crippen LogP contribution in [-0.4, -0.2) is 4.99 Å². The van der Waals surface area contributed by atoms with Crippen molar-refractivity contribution in [1.29, 1.82) is 0 Å². The average Bonchev–Trinajstić information content (AvgIpc) is 2.38. The third-order valence-electron chi connectivity index (χ3n) is 2.74. The second-order valence-electron chi connectivity index (χ2n) is 4.26. The molecule has 0 radical (unpaired) electrons. The van der Waals surface area contributed by atoms with E-state index in [0.29, 0.717) is 17.3 Å². The number of hydrogen-bond acceptors (Lipinski definition) is 2. The molecule has 2 rings (SSSR count). The second-order valence-corrected chi connectivity index (χ2v) is 4.70. The highest BCUT2D eigenvalue weighted by Crippen LogP contribution is 2.20. The molecule has 19 heavy (non-hydrogen) atoms. The minimum absolute atomic E-state index is 0.264. The van der Waals surface area contributed by atoms with Crippen molar-refractivity contribution in [3.05, 3.63) is 65.0 Å². The Morgan fingerprint density at radius 1 is 1.26 bits per heavy atom. The molecule has 98 valence electrons. The Kier molecular flexibility index (Phi) is 4.12. The number of aryl methyl sites for hydroxylation is 1. The molecule has 2 N–H and O–H groups in total. The molecular formula is C15H14FNOS. The molecule has 0 amide bonds. The molecule has 4 heteroatoms. The van der Waals surface area contributed by atoms with Crippen molar-refractivity contribution in [3.8, 4) is 5.75 Å². The van der Waals surface area contributed by atoms with Gasteiger partial charge in [0.2, 0.25) is 0 Å². The van der Waals surface area contributed by atoms with Crippen molar-refractivity contribution in [2.24, 2.45) is 5.73 Å². The first-order chi connectivity index (χ1) is 9.06. The smallest absolute Gasteiger partial charge is 0.123 e. The largest absolute Gasteiger partial charge is 0.489 e. The Morgan fingerprint density at radius 3 is 2.74 bits per heavy atom. The van der Waals surface area contributed by atoms with E-state index in [1.165, 1.54) is 12.1 Å². The maximum atomic E-state index is 13.0.